The number of para-hydroxylation sites is 1. The van der Waals surface area contributed by atoms with E-state index >= 15 is 0 Å². The van der Waals surface area contributed by atoms with Crippen LogP contribution in [-0.2, 0) is 10.0 Å². The van der Waals surface area contributed by atoms with Crippen molar-refractivity contribution in [1.29, 1.82) is 0 Å². The van der Waals surface area contributed by atoms with Crippen LogP contribution in [0.2, 0.25) is 5.02 Å². The molecule has 19 heavy (non-hydrogen) atoms. The van der Waals surface area contributed by atoms with Crippen LogP contribution in [-0.4, -0.2) is 8.42 Å². The summed E-state index contributed by atoms with van der Waals surface area (Å²) in [5.41, 5.74) is 1.17. The second kappa shape index (κ2) is 5.91. The van der Waals surface area contributed by atoms with Crippen molar-refractivity contribution in [2.75, 3.05) is 4.72 Å². The fourth-order valence-electron chi connectivity index (χ4n) is 1.48. The summed E-state index contributed by atoms with van der Waals surface area (Å²) in [5.74, 6) is 0. The lowest BCUT2D eigenvalue weighted by molar-refractivity contribution is 0.609. The molecule has 1 N–H and O–H groups in total. The lowest BCUT2D eigenvalue weighted by Gasteiger charge is -2.03. The van der Waals surface area contributed by atoms with Gasteiger partial charge in [0.05, 0.1) is 5.41 Å². The Kier molecular flexibility index (Phi) is 4.24. The standard InChI is InChI=1S/C14H12ClNO2S/c15-14-9-5-4-6-12(14)10-11-19(17,18)16-13-7-2-1-3-8-13/h1-11,16H/b11-10+. The molecule has 0 atom stereocenters. The first-order valence-corrected chi connectivity index (χ1v) is 7.50. The average molecular weight is 294 g/mol. The van der Waals surface area contributed by atoms with Crippen molar-refractivity contribution in [3.05, 3.63) is 70.6 Å². The number of sulfonamides is 1. The van der Waals surface area contributed by atoms with E-state index in [4.69, 9.17) is 11.6 Å². The van der Waals surface area contributed by atoms with Gasteiger partial charge in [0.1, 0.15) is 0 Å². The molecular formula is C14H12ClNO2S. The van der Waals surface area contributed by atoms with Crippen molar-refractivity contribution in [2.24, 2.45) is 0 Å². The second-order valence-corrected chi connectivity index (χ2v) is 5.81. The topological polar surface area (TPSA) is 46.2 Å². The van der Waals surface area contributed by atoms with Gasteiger partial charge in [-0.1, -0.05) is 48.0 Å². The number of nitrogens with one attached hydrogen (secondary N) is 1. The van der Waals surface area contributed by atoms with Gasteiger partial charge in [0.2, 0.25) is 0 Å². The van der Waals surface area contributed by atoms with Gasteiger partial charge < -0.3 is 0 Å². The predicted molar refractivity (Wildman–Crippen MR) is 79.5 cm³/mol. The van der Waals surface area contributed by atoms with Gasteiger partial charge in [-0.25, -0.2) is 8.42 Å². The summed E-state index contributed by atoms with van der Waals surface area (Å²) in [6.45, 7) is 0. The van der Waals surface area contributed by atoms with Gasteiger partial charge in [0.25, 0.3) is 10.0 Å². The van der Waals surface area contributed by atoms with Gasteiger partial charge >= 0.3 is 0 Å². The van der Waals surface area contributed by atoms with E-state index in [0.29, 0.717) is 16.3 Å². The molecular weight excluding hydrogens is 282 g/mol. The van der Waals surface area contributed by atoms with Crippen LogP contribution in [0.5, 0.6) is 0 Å². The number of benzene rings is 2. The van der Waals surface area contributed by atoms with E-state index < -0.39 is 10.0 Å². The molecule has 3 nitrogen and oxygen atoms in total. The molecule has 0 saturated heterocycles. The predicted octanol–water partition coefficient (Wildman–Crippen LogP) is 3.75. The fourth-order valence-corrected chi connectivity index (χ4v) is 2.53. The summed E-state index contributed by atoms with van der Waals surface area (Å²) in [6.07, 6.45) is 1.47. The van der Waals surface area contributed by atoms with Crippen LogP contribution in [0.3, 0.4) is 0 Å². The zero-order chi connectivity index (χ0) is 13.7. The highest BCUT2D eigenvalue weighted by Crippen LogP contribution is 2.17. The summed E-state index contributed by atoms with van der Waals surface area (Å²) in [6, 6.07) is 15.7. The zero-order valence-electron chi connectivity index (χ0n) is 9.95. The van der Waals surface area contributed by atoms with E-state index in [-0.39, 0.29) is 0 Å². The first kappa shape index (κ1) is 13.6. The van der Waals surface area contributed by atoms with Crippen molar-refractivity contribution < 1.29 is 8.42 Å². The summed E-state index contributed by atoms with van der Waals surface area (Å²) in [5, 5.41) is 1.61. The molecule has 2 rings (SSSR count). The van der Waals surface area contributed by atoms with E-state index in [1.807, 2.05) is 6.07 Å². The van der Waals surface area contributed by atoms with E-state index in [9.17, 15) is 8.42 Å². The second-order valence-electron chi connectivity index (χ2n) is 3.84. The summed E-state index contributed by atoms with van der Waals surface area (Å²) >= 11 is 5.95. The van der Waals surface area contributed by atoms with Gasteiger partial charge in [0.15, 0.2) is 0 Å². The zero-order valence-corrected chi connectivity index (χ0v) is 11.5. The van der Waals surface area contributed by atoms with E-state index in [2.05, 4.69) is 4.72 Å². The van der Waals surface area contributed by atoms with Gasteiger partial charge in [-0.3, -0.25) is 4.72 Å². The van der Waals surface area contributed by atoms with Crippen LogP contribution in [0.15, 0.2) is 60.0 Å². The largest absolute Gasteiger partial charge is 0.280 e. The monoisotopic (exact) mass is 293 g/mol. The number of anilines is 1. The van der Waals surface area contributed by atoms with Crippen LogP contribution in [0.25, 0.3) is 6.08 Å². The molecule has 2 aromatic rings. The Hall–Kier alpha value is -1.78. The summed E-state index contributed by atoms with van der Waals surface area (Å²) in [4.78, 5) is 0. The van der Waals surface area contributed by atoms with Crippen LogP contribution < -0.4 is 4.72 Å². The highest BCUT2D eigenvalue weighted by molar-refractivity contribution is 7.95. The van der Waals surface area contributed by atoms with Crippen LogP contribution in [0, 0.1) is 0 Å². The third-order valence-electron chi connectivity index (χ3n) is 2.37. The molecule has 0 aliphatic heterocycles. The molecule has 0 aromatic heterocycles. The Labute approximate surface area is 117 Å². The third-order valence-corrected chi connectivity index (χ3v) is 3.72. The molecule has 0 spiro atoms. The third kappa shape index (κ3) is 4.12. The maximum atomic E-state index is 11.8. The van der Waals surface area contributed by atoms with Crippen molar-refractivity contribution in [3.63, 3.8) is 0 Å². The lowest BCUT2D eigenvalue weighted by atomic mass is 10.2. The van der Waals surface area contributed by atoms with E-state index in [0.717, 1.165) is 5.41 Å². The molecule has 0 fully saturated rings. The Morgan fingerprint density at radius 1 is 0.947 bits per heavy atom. The summed E-state index contributed by atoms with van der Waals surface area (Å²) in [7, 11) is -3.54. The number of hydrogen-bond donors (Lipinski definition) is 1. The lowest BCUT2D eigenvalue weighted by Crippen LogP contribution is -2.08. The molecule has 2 aromatic carbocycles. The highest BCUT2D eigenvalue weighted by atomic mass is 35.5. The molecule has 0 radical (unpaired) electrons. The molecule has 98 valence electrons. The maximum Gasteiger partial charge on any atom is 0.255 e. The Morgan fingerprint density at radius 2 is 1.58 bits per heavy atom. The van der Waals surface area contributed by atoms with Crippen LogP contribution in [0.1, 0.15) is 5.56 Å². The molecule has 0 aliphatic rings. The minimum Gasteiger partial charge on any atom is -0.280 e. The Balaban J connectivity index is 2.16. The molecule has 0 aliphatic carbocycles. The van der Waals surface area contributed by atoms with E-state index in [1.165, 1.54) is 6.08 Å². The van der Waals surface area contributed by atoms with Gasteiger partial charge in [-0.2, -0.15) is 0 Å². The molecule has 0 bridgehead atoms. The number of rotatable bonds is 4. The minimum absolute atomic E-state index is 0.508. The van der Waals surface area contributed by atoms with Gasteiger partial charge in [-0.15, -0.1) is 0 Å². The molecule has 5 heteroatoms. The van der Waals surface area contributed by atoms with Gasteiger partial charge in [0, 0.05) is 10.7 Å². The Morgan fingerprint density at radius 3 is 2.26 bits per heavy atom. The Bertz CT molecular complexity index is 682. The first-order valence-electron chi connectivity index (χ1n) is 5.57. The fraction of sp³-hybridized carbons (Fsp3) is 0. The van der Waals surface area contributed by atoms with Crippen LogP contribution >= 0.6 is 11.6 Å². The summed E-state index contributed by atoms with van der Waals surface area (Å²) < 4.78 is 26.1. The van der Waals surface area contributed by atoms with Crippen molar-refractivity contribution in [2.45, 2.75) is 0 Å². The average Bonchev–Trinajstić information content (AvgIpc) is 2.38. The van der Waals surface area contributed by atoms with Crippen LogP contribution in [0.4, 0.5) is 5.69 Å². The first-order chi connectivity index (χ1) is 9.07. The normalized spacial score (nSPS) is 11.6. The molecule has 0 amide bonds. The quantitative estimate of drug-likeness (QED) is 0.933. The van der Waals surface area contributed by atoms with E-state index in [1.54, 1.807) is 48.5 Å². The SMILES string of the molecule is O=S(=O)(/C=C/c1ccccc1Cl)Nc1ccccc1. The van der Waals surface area contributed by atoms with Gasteiger partial charge in [-0.05, 0) is 29.8 Å². The van der Waals surface area contributed by atoms with Crippen molar-refractivity contribution >= 4 is 33.4 Å². The molecule has 0 unspecified atom stereocenters. The number of halogens is 1. The molecule has 0 saturated carbocycles. The number of hydrogen-bond acceptors (Lipinski definition) is 2. The smallest absolute Gasteiger partial charge is 0.255 e. The minimum atomic E-state index is -3.54. The molecule has 0 heterocycles. The maximum absolute atomic E-state index is 11.8. The van der Waals surface area contributed by atoms with Crippen molar-refractivity contribution in [1.82, 2.24) is 0 Å². The highest BCUT2D eigenvalue weighted by Gasteiger charge is 2.05. The van der Waals surface area contributed by atoms with Crippen molar-refractivity contribution in [3.8, 4) is 0 Å².